The number of benzene rings is 2. The van der Waals surface area contributed by atoms with Crippen LogP contribution < -0.4 is 4.90 Å². The smallest absolute Gasteiger partial charge is 0.190 e. The van der Waals surface area contributed by atoms with Gasteiger partial charge in [-0.2, -0.15) is 0 Å². The van der Waals surface area contributed by atoms with E-state index in [-0.39, 0.29) is 5.41 Å². The molecule has 2 heterocycles. The number of piperidine rings is 1. The van der Waals surface area contributed by atoms with E-state index in [4.69, 9.17) is 9.97 Å². The zero-order valence-corrected chi connectivity index (χ0v) is 20.2. The summed E-state index contributed by atoms with van der Waals surface area (Å²) in [6.07, 6.45) is 11.6. The SMILES string of the molecule is c1ccc(CSc2nc3c(c(N4CCCCC4)n2)C2(CCCCC2)Cc2ccccc2-3)cc1. The molecule has 3 aromatic rings. The van der Waals surface area contributed by atoms with Crippen molar-refractivity contribution in [3.05, 3.63) is 71.3 Å². The molecule has 33 heavy (non-hydrogen) atoms. The quantitative estimate of drug-likeness (QED) is 0.308. The van der Waals surface area contributed by atoms with Gasteiger partial charge in [0.05, 0.1) is 5.69 Å². The molecular weight excluding hydrogens is 422 g/mol. The van der Waals surface area contributed by atoms with E-state index in [9.17, 15) is 0 Å². The van der Waals surface area contributed by atoms with Crippen LogP contribution >= 0.6 is 11.8 Å². The van der Waals surface area contributed by atoms with Gasteiger partial charge in [0.15, 0.2) is 5.16 Å². The van der Waals surface area contributed by atoms with E-state index in [2.05, 4.69) is 59.5 Å². The summed E-state index contributed by atoms with van der Waals surface area (Å²) in [7, 11) is 0. The Morgan fingerprint density at radius 3 is 2.33 bits per heavy atom. The van der Waals surface area contributed by atoms with E-state index in [0.717, 1.165) is 30.4 Å². The molecule has 4 heteroatoms. The molecule has 2 aliphatic carbocycles. The van der Waals surface area contributed by atoms with Crippen LogP contribution in [0.4, 0.5) is 5.82 Å². The maximum atomic E-state index is 5.33. The lowest BCUT2D eigenvalue weighted by Crippen LogP contribution is -2.40. The maximum absolute atomic E-state index is 5.33. The topological polar surface area (TPSA) is 29.0 Å². The third-order valence-corrected chi connectivity index (χ3v) is 8.80. The second kappa shape index (κ2) is 9.13. The van der Waals surface area contributed by atoms with Crippen molar-refractivity contribution >= 4 is 17.6 Å². The largest absolute Gasteiger partial charge is 0.356 e. The van der Waals surface area contributed by atoms with Crippen LogP contribution in [0.1, 0.15) is 68.1 Å². The molecule has 0 unspecified atom stereocenters. The van der Waals surface area contributed by atoms with Gasteiger partial charge in [0.25, 0.3) is 0 Å². The lowest BCUT2D eigenvalue weighted by Gasteiger charge is -2.45. The second-order valence-electron chi connectivity index (χ2n) is 10.1. The van der Waals surface area contributed by atoms with E-state index in [1.54, 1.807) is 11.8 Å². The highest BCUT2D eigenvalue weighted by Gasteiger charge is 2.44. The molecule has 1 spiro atoms. The predicted octanol–water partition coefficient (Wildman–Crippen LogP) is 7.18. The van der Waals surface area contributed by atoms with Crippen LogP contribution in [0.3, 0.4) is 0 Å². The highest BCUT2D eigenvalue weighted by molar-refractivity contribution is 7.98. The molecule has 0 N–H and O–H groups in total. The summed E-state index contributed by atoms with van der Waals surface area (Å²) < 4.78 is 0. The minimum Gasteiger partial charge on any atom is -0.356 e. The third-order valence-electron chi connectivity index (χ3n) is 7.88. The number of thioether (sulfide) groups is 1. The molecule has 0 radical (unpaired) electrons. The Morgan fingerprint density at radius 2 is 1.52 bits per heavy atom. The summed E-state index contributed by atoms with van der Waals surface area (Å²) >= 11 is 1.79. The van der Waals surface area contributed by atoms with E-state index in [1.807, 2.05) is 0 Å². The molecule has 2 aromatic carbocycles. The van der Waals surface area contributed by atoms with Crippen LogP contribution in [-0.4, -0.2) is 23.1 Å². The van der Waals surface area contributed by atoms with E-state index < -0.39 is 0 Å². The Balaban J connectivity index is 1.49. The summed E-state index contributed by atoms with van der Waals surface area (Å²) in [6, 6.07) is 19.7. The van der Waals surface area contributed by atoms with Crippen molar-refractivity contribution in [2.75, 3.05) is 18.0 Å². The second-order valence-corrected chi connectivity index (χ2v) is 11.0. The Labute approximate surface area is 202 Å². The van der Waals surface area contributed by atoms with Gasteiger partial charge in [-0.15, -0.1) is 0 Å². The summed E-state index contributed by atoms with van der Waals surface area (Å²) in [5.41, 5.74) is 7.06. The molecule has 1 saturated heterocycles. The summed E-state index contributed by atoms with van der Waals surface area (Å²) in [5, 5.41) is 0.931. The van der Waals surface area contributed by atoms with E-state index in [1.165, 1.54) is 85.1 Å². The van der Waals surface area contributed by atoms with Gasteiger partial charge in [0.1, 0.15) is 5.82 Å². The van der Waals surface area contributed by atoms with Gasteiger partial charge in [-0.25, -0.2) is 9.97 Å². The lowest BCUT2D eigenvalue weighted by molar-refractivity contribution is 0.286. The van der Waals surface area contributed by atoms with Gasteiger partial charge in [0.2, 0.25) is 0 Å². The fourth-order valence-electron chi connectivity index (χ4n) is 6.25. The summed E-state index contributed by atoms with van der Waals surface area (Å²) in [4.78, 5) is 13.2. The molecule has 1 saturated carbocycles. The minimum atomic E-state index is 0.206. The van der Waals surface area contributed by atoms with Crippen LogP contribution in [-0.2, 0) is 17.6 Å². The van der Waals surface area contributed by atoms with Crippen molar-refractivity contribution in [1.29, 1.82) is 0 Å². The number of aromatic nitrogens is 2. The van der Waals surface area contributed by atoms with Crippen LogP contribution in [0.25, 0.3) is 11.3 Å². The average molecular weight is 456 g/mol. The van der Waals surface area contributed by atoms with Gasteiger partial charge < -0.3 is 4.90 Å². The number of rotatable bonds is 4. The molecule has 0 bridgehead atoms. The highest BCUT2D eigenvalue weighted by Crippen LogP contribution is 2.53. The Hall–Kier alpha value is -2.33. The van der Waals surface area contributed by atoms with Crippen LogP contribution in [0.5, 0.6) is 0 Å². The van der Waals surface area contributed by atoms with E-state index in [0.29, 0.717) is 0 Å². The zero-order valence-electron chi connectivity index (χ0n) is 19.4. The Kier molecular flexibility index (Phi) is 5.87. The molecule has 1 aliphatic heterocycles. The zero-order chi connectivity index (χ0) is 22.1. The highest BCUT2D eigenvalue weighted by atomic mass is 32.2. The predicted molar refractivity (Wildman–Crippen MR) is 138 cm³/mol. The maximum Gasteiger partial charge on any atom is 0.190 e. The van der Waals surface area contributed by atoms with Crippen molar-refractivity contribution in [3.8, 4) is 11.3 Å². The fourth-order valence-corrected chi connectivity index (χ4v) is 7.04. The molecule has 170 valence electrons. The first-order chi connectivity index (χ1) is 16.3. The van der Waals surface area contributed by atoms with Crippen molar-refractivity contribution in [3.63, 3.8) is 0 Å². The molecule has 0 amide bonds. The molecule has 2 fully saturated rings. The number of anilines is 1. The number of fused-ring (bicyclic) bond motifs is 4. The van der Waals surface area contributed by atoms with Gasteiger partial charge in [0, 0.05) is 35.4 Å². The van der Waals surface area contributed by atoms with Crippen molar-refractivity contribution in [2.24, 2.45) is 0 Å². The molecular formula is C29H33N3S. The fraction of sp³-hybridized carbons (Fsp3) is 0.448. The Bertz CT molecular complexity index is 1110. The average Bonchev–Trinajstić information content (AvgIpc) is 2.89. The van der Waals surface area contributed by atoms with Crippen LogP contribution in [0.15, 0.2) is 59.8 Å². The molecule has 3 nitrogen and oxygen atoms in total. The van der Waals surface area contributed by atoms with Gasteiger partial charge >= 0.3 is 0 Å². The van der Waals surface area contributed by atoms with E-state index >= 15 is 0 Å². The van der Waals surface area contributed by atoms with Crippen molar-refractivity contribution in [2.45, 2.75) is 74.1 Å². The first kappa shape index (κ1) is 21.2. The lowest BCUT2D eigenvalue weighted by atomic mass is 9.62. The number of hydrogen-bond acceptors (Lipinski definition) is 4. The normalized spacial score (nSPS) is 19.2. The molecule has 1 aromatic heterocycles. The van der Waals surface area contributed by atoms with Gasteiger partial charge in [-0.1, -0.05) is 85.6 Å². The first-order valence-corrected chi connectivity index (χ1v) is 13.7. The monoisotopic (exact) mass is 455 g/mol. The van der Waals surface area contributed by atoms with Crippen LogP contribution in [0, 0.1) is 0 Å². The van der Waals surface area contributed by atoms with Gasteiger partial charge in [-0.05, 0) is 49.7 Å². The molecule has 3 aliphatic rings. The molecule has 6 rings (SSSR count). The number of nitrogens with zero attached hydrogens (tertiary/aromatic N) is 3. The minimum absolute atomic E-state index is 0.206. The van der Waals surface area contributed by atoms with Crippen molar-refractivity contribution < 1.29 is 0 Å². The Morgan fingerprint density at radius 1 is 0.788 bits per heavy atom. The molecule has 0 atom stereocenters. The summed E-state index contributed by atoms with van der Waals surface area (Å²) in [6.45, 7) is 2.26. The third kappa shape index (κ3) is 4.07. The van der Waals surface area contributed by atoms with Gasteiger partial charge in [-0.3, -0.25) is 0 Å². The summed E-state index contributed by atoms with van der Waals surface area (Å²) in [5.74, 6) is 2.16. The standard InChI is InChI=1S/C29H33N3S/c1-4-12-22(13-5-1)21-33-28-30-26-24-15-7-6-14-23(24)20-29(16-8-2-9-17-29)25(26)27(31-28)32-18-10-3-11-19-32/h1,4-7,12-15H,2-3,8-11,16-21H2. The van der Waals surface area contributed by atoms with Crippen LogP contribution in [0.2, 0.25) is 0 Å². The van der Waals surface area contributed by atoms with Crippen molar-refractivity contribution in [1.82, 2.24) is 9.97 Å². The first-order valence-electron chi connectivity index (χ1n) is 12.7. The number of hydrogen-bond donors (Lipinski definition) is 0.